The molecule has 3 aromatic carbocycles. The highest BCUT2D eigenvalue weighted by atomic mass is 19.1. The largest absolute Gasteiger partial charge is 0.464 e. The van der Waals surface area contributed by atoms with Crippen LogP contribution in [0.25, 0.3) is 21.7 Å². The topological polar surface area (TPSA) is 71.2 Å². The lowest BCUT2D eigenvalue weighted by Gasteiger charge is -2.17. The van der Waals surface area contributed by atoms with Crippen molar-refractivity contribution in [2.24, 2.45) is 0 Å². The minimum absolute atomic E-state index is 0.203. The molecule has 0 aliphatic heterocycles. The van der Waals surface area contributed by atoms with Gasteiger partial charge in [-0.25, -0.2) is 9.18 Å². The first-order valence-corrected chi connectivity index (χ1v) is 9.77. The van der Waals surface area contributed by atoms with Crippen molar-refractivity contribution in [2.75, 3.05) is 6.61 Å². The maximum Gasteiger partial charge on any atom is 0.329 e. The van der Waals surface area contributed by atoms with Gasteiger partial charge in [-0.2, -0.15) is 0 Å². The van der Waals surface area contributed by atoms with Crippen LogP contribution in [0.2, 0.25) is 0 Å². The zero-order valence-corrected chi connectivity index (χ0v) is 16.4. The number of aromatic amines is 1. The van der Waals surface area contributed by atoms with Crippen LogP contribution in [0, 0.1) is 5.82 Å². The summed E-state index contributed by atoms with van der Waals surface area (Å²) in [6.07, 6.45) is 0.203. The summed E-state index contributed by atoms with van der Waals surface area (Å²) < 4.78 is 18.6. The fraction of sp³-hybridized carbons (Fsp3) is 0.167. The molecule has 1 unspecified atom stereocenters. The molecular formula is C24H21FN2O3. The summed E-state index contributed by atoms with van der Waals surface area (Å²) in [5.74, 6) is -1.21. The van der Waals surface area contributed by atoms with Crippen LogP contribution >= 0.6 is 0 Å². The Labute approximate surface area is 172 Å². The summed E-state index contributed by atoms with van der Waals surface area (Å²) in [6.45, 7) is 1.92. The summed E-state index contributed by atoms with van der Waals surface area (Å²) in [5, 5.41) is 5.45. The van der Waals surface area contributed by atoms with Gasteiger partial charge in [-0.15, -0.1) is 0 Å². The molecular weight excluding hydrogens is 383 g/mol. The average Bonchev–Trinajstić information content (AvgIpc) is 3.14. The summed E-state index contributed by atoms with van der Waals surface area (Å²) in [6, 6.07) is 18.5. The molecule has 4 rings (SSSR count). The highest BCUT2D eigenvalue weighted by Crippen LogP contribution is 2.19. The maximum absolute atomic E-state index is 13.5. The predicted octanol–water partition coefficient (Wildman–Crippen LogP) is 4.36. The fourth-order valence-electron chi connectivity index (χ4n) is 3.50. The molecule has 1 amide bonds. The Bertz CT molecular complexity index is 1230. The molecule has 0 saturated carbocycles. The Morgan fingerprint density at radius 2 is 1.80 bits per heavy atom. The second-order valence-electron chi connectivity index (χ2n) is 7.07. The third kappa shape index (κ3) is 4.17. The van der Waals surface area contributed by atoms with Gasteiger partial charge in [0.15, 0.2) is 0 Å². The number of fused-ring (bicyclic) bond motifs is 2. The van der Waals surface area contributed by atoms with Gasteiger partial charge in [-0.05, 0) is 54.1 Å². The number of ether oxygens (including phenoxy) is 1. The van der Waals surface area contributed by atoms with E-state index in [1.165, 1.54) is 12.1 Å². The van der Waals surface area contributed by atoms with E-state index in [0.29, 0.717) is 16.6 Å². The number of amides is 1. The minimum Gasteiger partial charge on any atom is -0.464 e. The molecule has 30 heavy (non-hydrogen) atoms. The van der Waals surface area contributed by atoms with Crippen LogP contribution in [0.1, 0.15) is 23.0 Å². The zero-order valence-electron chi connectivity index (χ0n) is 16.4. The Morgan fingerprint density at radius 1 is 1.00 bits per heavy atom. The van der Waals surface area contributed by atoms with Crippen LogP contribution in [0.4, 0.5) is 4.39 Å². The number of carbonyl (C=O) groups excluding carboxylic acids is 2. The molecule has 0 aliphatic rings. The second-order valence-corrected chi connectivity index (χ2v) is 7.07. The molecule has 1 atom stereocenters. The lowest BCUT2D eigenvalue weighted by Crippen LogP contribution is -2.43. The number of rotatable bonds is 6. The zero-order chi connectivity index (χ0) is 21.1. The smallest absolute Gasteiger partial charge is 0.329 e. The number of H-pyrrole nitrogens is 1. The van der Waals surface area contributed by atoms with E-state index in [1.54, 1.807) is 31.2 Å². The highest BCUT2D eigenvalue weighted by Gasteiger charge is 2.24. The minimum atomic E-state index is -0.873. The molecule has 1 aromatic heterocycles. The molecule has 5 nitrogen and oxygen atoms in total. The Morgan fingerprint density at radius 3 is 2.60 bits per heavy atom. The Balaban J connectivity index is 1.57. The summed E-state index contributed by atoms with van der Waals surface area (Å²) in [7, 11) is 0. The van der Waals surface area contributed by atoms with Crippen molar-refractivity contribution >= 4 is 33.6 Å². The van der Waals surface area contributed by atoms with Crippen LogP contribution in [0.3, 0.4) is 0 Å². The van der Waals surface area contributed by atoms with E-state index in [1.807, 2.05) is 30.3 Å². The first-order valence-electron chi connectivity index (χ1n) is 9.77. The third-order valence-corrected chi connectivity index (χ3v) is 4.95. The van der Waals surface area contributed by atoms with Gasteiger partial charge >= 0.3 is 5.97 Å². The standard InChI is InChI=1S/C24H21FN2O3/c1-2-30-24(29)22(14-20-13-18-12-19(25)9-10-21(18)26-20)27-23(28)17-8-7-15-5-3-4-6-16(15)11-17/h3-13,22,26H,2,14H2,1H3,(H,27,28). The summed E-state index contributed by atoms with van der Waals surface area (Å²) >= 11 is 0. The lowest BCUT2D eigenvalue weighted by molar-refractivity contribution is -0.145. The molecule has 0 fully saturated rings. The van der Waals surface area contributed by atoms with Gasteiger partial charge in [0.1, 0.15) is 11.9 Å². The van der Waals surface area contributed by atoms with E-state index in [9.17, 15) is 14.0 Å². The number of nitrogens with one attached hydrogen (secondary N) is 2. The molecule has 0 aliphatic carbocycles. The van der Waals surface area contributed by atoms with Crippen LogP contribution in [-0.2, 0) is 16.0 Å². The van der Waals surface area contributed by atoms with E-state index >= 15 is 0 Å². The molecule has 2 N–H and O–H groups in total. The van der Waals surface area contributed by atoms with E-state index in [4.69, 9.17) is 4.74 Å². The number of benzene rings is 3. The molecule has 0 spiro atoms. The van der Waals surface area contributed by atoms with Gasteiger partial charge in [0.25, 0.3) is 5.91 Å². The molecule has 0 bridgehead atoms. The lowest BCUT2D eigenvalue weighted by atomic mass is 10.1. The number of hydrogen-bond donors (Lipinski definition) is 2. The summed E-state index contributed by atoms with van der Waals surface area (Å²) in [5.41, 5.74) is 1.92. The predicted molar refractivity (Wildman–Crippen MR) is 114 cm³/mol. The first kappa shape index (κ1) is 19.6. The number of carbonyl (C=O) groups is 2. The van der Waals surface area contributed by atoms with Crippen molar-refractivity contribution in [3.63, 3.8) is 0 Å². The van der Waals surface area contributed by atoms with E-state index in [0.717, 1.165) is 16.3 Å². The quantitative estimate of drug-likeness (QED) is 0.469. The van der Waals surface area contributed by atoms with Crippen molar-refractivity contribution < 1.29 is 18.7 Å². The van der Waals surface area contributed by atoms with Crippen LogP contribution in [0.5, 0.6) is 0 Å². The van der Waals surface area contributed by atoms with Crippen molar-refractivity contribution in [3.8, 4) is 0 Å². The van der Waals surface area contributed by atoms with Crippen molar-refractivity contribution in [3.05, 3.63) is 83.8 Å². The second kappa shape index (κ2) is 8.37. The van der Waals surface area contributed by atoms with Gasteiger partial charge in [0.05, 0.1) is 6.61 Å². The number of hydrogen-bond acceptors (Lipinski definition) is 3. The number of aromatic nitrogens is 1. The monoisotopic (exact) mass is 404 g/mol. The van der Waals surface area contributed by atoms with Crippen molar-refractivity contribution in [1.29, 1.82) is 0 Å². The van der Waals surface area contributed by atoms with Gasteiger partial charge in [0, 0.05) is 28.6 Å². The third-order valence-electron chi connectivity index (χ3n) is 4.95. The highest BCUT2D eigenvalue weighted by molar-refractivity contribution is 6.00. The van der Waals surface area contributed by atoms with E-state index in [2.05, 4.69) is 10.3 Å². The maximum atomic E-state index is 13.5. The molecule has 152 valence electrons. The average molecular weight is 404 g/mol. The van der Waals surface area contributed by atoms with Gasteiger partial charge < -0.3 is 15.0 Å². The van der Waals surface area contributed by atoms with Crippen LogP contribution < -0.4 is 5.32 Å². The SMILES string of the molecule is CCOC(=O)C(Cc1cc2cc(F)ccc2[nH]1)NC(=O)c1ccc2ccccc2c1. The van der Waals surface area contributed by atoms with Gasteiger partial charge in [-0.1, -0.05) is 30.3 Å². The number of halogens is 1. The molecule has 0 radical (unpaired) electrons. The Kier molecular flexibility index (Phi) is 5.48. The number of esters is 1. The first-order chi connectivity index (χ1) is 14.5. The van der Waals surface area contributed by atoms with Crippen LogP contribution in [0.15, 0.2) is 66.7 Å². The molecule has 1 heterocycles. The summed E-state index contributed by atoms with van der Waals surface area (Å²) in [4.78, 5) is 28.5. The molecule has 0 saturated heterocycles. The fourth-order valence-corrected chi connectivity index (χ4v) is 3.50. The van der Waals surface area contributed by atoms with E-state index < -0.39 is 12.0 Å². The van der Waals surface area contributed by atoms with Crippen molar-refractivity contribution in [1.82, 2.24) is 10.3 Å². The molecule has 4 aromatic rings. The van der Waals surface area contributed by atoms with Crippen molar-refractivity contribution in [2.45, 2.75) is 19.4 Å². The van der Waals surface area contributed by atoms with Gasteiger partial charge in [0.2, 0.25) is 0 Å². The van der Waals surface area contributed by atoms with Gasteiger partial charge in [-0.3, -0.25) is 4.79 Å². The molecule has 6 heteroatoms. The Hall–Kier alpha value is -3.67. The normalized spacial score (nSPS) is 12.1. The van der Waals surface area contributed by atoms with E-state index in [-0.39, 0.29) is 24.8 Å². The van der Waals surface area contributed by atoms with Crippen LogP contribution in [-0.4, -0.2) is 29.5 Å².